The molecule has 2 N–H and O–H groups in total. The van der Waals surface area contributed by atoms with Crippen LogP contribution in [0.1, 0.15) is 30.6 Å². The molecule has 1 aliphatic rings. The predicted molar refractivity (Wildman–Crippen MR) is 111 cm³/mol. The normalized spacial score (nSPS) is 16.3. The van der Waals surface area contributed by atoms with E-state index in [0.29, 0.717) is 18.2 Å². The van der Waals surface area contributed by atoms with Gasteiger partial charge in [0, 0.05) is 35.6 Å². The zero-order valence-electron chi connectivity index (χ0n) is 15.8. The number of ether oxygens (including phenoxy) is 1. The molecule has 1 amide bonds. The molecule has 0 radical (unpaired) electrons. The van der Waals surface area contributed by atoms with E-state index < -0.39 is 10.8 Å². The topological polar surface area (TPSA) is 87.3 Å². The summed E-state index contributed by atoms with van der Waals surface area (Å²) in [4.78, 5) is 22.2. The van der Waals surface area contributed by atoms with Gasteiger partial charge in [-0.25, -0.2) is 4.98 Å². The second-order valence-electron chi connectivity index (χ2n) is 6.58. The first-order chi connectivity index (χ1) is 13.7. The highest BCUT2D eigenvalue weighted by molar-refractivity contribution is 7.85. The third-order valence-corrected chi connectivity index (χ3v) is 6.40. The van der Waals surface area contributed by atoms with Crippen molar-refractivity contribution < 1.29 is 13.7 Å². The van der Waals surface area contributed by atoms with Crippen molar-refractivity contribution in [1.29, 1.82) is 0 Å². The van der Waals surface area contributed by atoms with Gasteiger partial charge in [0.05, 0.1) is 17.4 Å². The lowest BCUT2D eigenvalue weighted by atomic mass is 10.1. The number of aromatic nitrogens is 2. The molecule has 1 fully saturated rings. The highest BCUT2D eigenvalue weighted by Crippen LogP contribution is 2.24. The van der Waals surface area contributed by atoms with Gasteiger partial charge in [0.2, 0.25) is 5.91 Å². The summed E-state index contributed by atoms with van der Waals surface area (Å²) in [5.41, 5.74) is 0. The van der Waals surface area contributed by atoms with Crippen molar-refractivity contribution in [3.8, 4) is 5.75 Å². The molecule has 0 saturated carbocycles. The van der Waals surface area contributed by atoms with Crippen LogP contribution in [0.4, 0.5) is 0 Å². The molecular weight excluding hydrogens is 396 g/mol. The highest BCUT2D eigenvalue weighted by atomic mass is 32.2. The SMILES string of the molecule is O=C(CS(=O)c1ncc[nH]1)N/C=C\CCOc1csc(CN2CCCCC2)c1. The molecule has 2 aromatic heterocycles. The summed E-state index contributed by atoms with van der Waals surface area (Å²) in [5, 5.41) is 4.97. The third kappa shape index (κ3) is 6.88. The Hall–Kier alpha value is -1.97. The second-order valence-corrected chi connectivity index (χ2v) is 8.94. The molecule has 0 aromatic carbocycles. The molecule has 3 heterocycles. The van der Waals surface area contributed by atoms with Gasteiger partial charge in [0.1, 0.15) is 11.5 Å². The van der Waals surface area contributed by atoms with E-state index in [9.17, 15) is 9.00 Å². The van der Waals surface area contributed by atoms with Crippen LogP contribution in [0.15, 0.2) is 41.3 Å². The van der Waals surface area contributed by atoms with Crippen molar-refractivity contribution in [2.45, 2.75) is 37.4 Å². The lowest BCUT2D eigenvalue weighted by Gasteiger charge is -2.25. The summed E-state index contributed by atoms with van der Waals surface area (Å²) in [7, 11) is -1.46. The zero-order valence-corrected chi connectivity index (χ0v) is 17.4. The van der Waals surface area contributed by atoms with E-state index in [2.05, 4.69) is 31.6 Å². The summed E-state index contributed by atoms with van der Waals surface area (Å²) >= 11 is 1.74. The van der Waals surface area contributed by atoms with E-state index in [-0.39, 0.29) is 11.7 Å². The number of aromatic amines is 1. The molecule has 7 nitrogen and oxygen atoms in total. The Morgan fingerprint density at radius 2 is 2.25 bits per heavy atom. The Labute approximate surface area is 171 Å². The van der Waals surface area contributed by atoms with Crippen LogP contribution in [0.5, 0.6) is 5.75 Å². The van der Waals surface area contributed by atoms with Gasteiger partial charge in [-0.05, 0) is 38.2 Å². The van der Waals surface area contributed by atoms with Crippen LogP contribution in [-0.4, -0.2) is 50.4 Å². The van der Waals surface area contributed by atoms with Crippen molar-refractivity contribution in [2.75, 3.05) is 25.4 Å². The average Bonchev–Trinajstić information content (AvgIpc) is 3.38. The minimum atomic E-state index is -1.46. The number of hydrogen-bond donors (Lipinski definition) is 2. The predicted octanol–water partition coefficient (Wildman–Crippen LogP) is 2.66. The number of likely N-dealkylation sites (tertiary alicyclic amines) is 1. The number of rotatable bonds is 10. The third-order valence-electron chi connectivity index (χ3n) is 4.32. The lowest BCUT2D eigenvalue weighted by molar-refractivity contribution is -0.117. The molecule has 2 aromatic rings. The Kier molecular flexibility index (Phi) is 8.25. The summed E-state index contributed by atoms with van der Waals surface area (Å²) in [6, 6.07) is 2.12. The number of nitrogens with zero attached hydrogens (tertiary/aromatic N) is 2. The number of carbonyl (C=O) groups excluding carboxylic acids is 1. The van der Waals surface area contributed by atoms with E-state index in [4.69, 9.17) is 4.74 Å². The van der Waals surface area contributed by atoms with Crippen LogP contribution < -0.4 is 10.1 Å². The first-order valence-electron chi connectivity index (χ1n) is 9.45. The van der Waals surface area contributed by atoms with Crippen molar-refractivity contribution in [3.05, 3.63) is 41.0 Å². The molecule has 1 aliphatic heterocycles. The van der Waals surface area contributed by atoms with Crippen LogP contribution in [0.25, 0.3) is 0 Å². The Morgan fingerprint density at radius 1 is 1.39 bits per heavy atom. The summed E-state index contributed by atoms with van der Waals surface area (Å²) in [6.45, 7) is 3.95. The fourth-order valence-corrected chi connectivity index (χ4v) is 4.62. The van der Waals surface area contributed by atoms with Crippen LogP contribution in [0.3, 0.4) is 0 Å². The second kappa shape index (κ2) is 11.1. The summed E-state index contributed by atoms with van der Waals surface area (Å²) in [5.74, 6) is 0.471. The van der Waals surface area contributed by atoms with Crippen molar-refractivity contribution >= 4 is 28.0 Å². The standard InChI is InChI=1S/C19H26N4O3S2/c24-18(15-28(25)19-21-7-8-22-19)20-6-2-5-11-26-16-12-17(27-14-16)13-23-9-3-1-4-10-23/h2,6-8,12,14H,1,3-5,9-11,13,15H2,(H,20,24)(H,21,22)/b6-2-. The van der Waals surface area contributed by atoms with E-state index in [1.807, 2.05) is 6.08 Å². The number of imidazole rings is 1. The fourth-order valence-electron chi connectivity index (χ4n) is 2.94. The molecule has 0 bridgehead atoms. The maximum Gasteiger partial charge on any atom is 0.237 e. The van der Waals surface area contributed by atoms with E-state index >= 15 is 0 Å². The van der Waals surface area contributed by atoms with Gasteiger partial charge in [0.25, 0.3) is 0 Å². The number of H-pyrrole nitrogens is 1. The molecule has 0 spiro atoms. The lowest BCUT2D eigenvalue weighted by Crippen LogP contribution is -2.28. The Morgan fingerprint density at radius 3 is 3.04 bits per heavy atom. The minimum absolute atomic E-state index is 0.122. The quantitative estimate of drug-likeness (QED) is 0.575. The number of carbonyl (C=O) groups is 1. The molecule has 3 rings (SSSR count). The van der Waals surface area contributed by atoms with Gasteiger partial charge >= 0.3 is 0 Å². The highest BCUT2D eigenvalue weighted by Gasteiger charge is 2.12. The monoisotopic (exact) mass is 422 g/mol. The van der Waals surface area contributed by atoms with E-state index in [1.54, 1.807) is 23.7 Å². The molecule has 1 saturated heterocycles. The maximum absolute atomic E-state index is 11.8. The summed E-state index contributed by atoms with van der Waals surface area (Å²) < 4.78 is 17.6. The minimum Gasteiger partial charge on any atom is -0.492 e. The van der Waals surface area contributed by atoms with Crippen LogP contribution in [-0.2, 0) is 22.1 Å². The molecule has 28 heavy (non-hydrogen) atoms. The molecule has 1 unspecified atom stereocenters. The van der Waals surface area contributed by atoms with Gasteiger partial charge in [0.15, 0.2) is 5.16 Å². The van der Waals surface area contributed by atoms with Gasteiger partial charge < -0.3 is 15.0 Å². The Balaban J connectivity index is 1.29. The van der Waals surface area contributed by atoms with Crippen LogP contribution in [0.2, 0.25) is 0 Å². The van der Waals surface area contributed by atoms with Crippen molar-refractivity contribution in [3.63, 3.8) is 0 Å². The fraction of sp³-hybridized carbons (Fsp3) is 0.474. The first-order valence-corrected chi connectivity index (χ1v) is 11.7. The van der Waals surface area contributed by atoms with Gasteiger partial charge in [-0.2, -0.15) is 0 Å². The number of piperidine rings is 1. The summed E-state index contributed by atoms with van der Waals surface area (Å²) in [6.07, 6.45) is 11.1. The molecule has 0 aliphatic carbocycles. The smallest absolute Gasteiger partial charge is 0.237 e. The van der Waals surface area contributed by atoms with E-state index in [0.717, 1.165) is 12.3 Å². The average molecular weight is 423 g/mol. The number of nitrogens with one attached hydrogen (secondary N) is 2. The first kappa shape index (κ1) is 20.8. The van der Waals surface area contributed by atoms with Crippen molar-refractivity contribution in [1.82, 2.24) is 20.2 Å². The maximum atomic E-state index is 11.8. The van der Waals surface area contributed by atoms with Gasteiger partial charge in [-0.15, -0.1) is 11.3 Å². The zero-order chi connectivity index (χ0) is 19.6. The van der Waals surface area contributed by atoms with Gasteiger partial charge in [-0.1, -0.05) is 12.5 Å². The molecule has 1 atom stereocenters. The van der Waals surface area contributed by atoms with Gasteiger partial charge in [-0.3, -0.25) is 13.9 Å². The number of amides is 1. The number of thiophene rings is 1. The number of hydrogen-bond acceptors (Lipinski definition) is 6. The molecule has 152 valence electrons. The van der Waals surface area contributed by atoms with Crippen LogP contribution >= 0.6 is 11.3 Å². The van der Waals surface area contributed by atoms with Crippen molar-refractivity contribution in [2.24, 2.45) is 0 Å². The largest absolute Gasteiger partial charge is 0.492 e. The molecular formula is C19H26N4O3S2. The van der Waals surface area contributed by atoms with E-state index in [1.165, 1.54) is 43.4 Å². The molecule has 9 heteroatoms. The van der Waals surface area contributed by atoms with Crippen LogP contribution in [0, 0.1) is 0 Å². The Bertz CT molecular complexity index is 783.